The molecule has 0 bridgehead atoms. The van der Waals surface area contributed by atoms with Gasteiger partial charge >= 0.3 is 0 Å². The summed E-state index contributed by atoms with van der Waals surface area (Å²) in [6.45, 7) is 10.7. The Labute approximate surface area is 102 Å². The Morgan fingerprint density at radius 3 is 2.47 bits per heavy atom. The summed E-state index contributed by atoms with van der Waals surface area (Å²) < 4.78 is 1.97. The van der Waals surface area contributed by atoms with E-state index in [-0.39, 0.29) is 18.0 Å². The highest BCUT2D eigenvalue weighted by Gasteiger charge is 2.19. The molecule has 1 rings (SSSR count). The normalized spacial score (nSPS) is 14.6. The number of nitrogens with one attached hydrogen (secondary N) is 1. The number of rotatable bonds is 5. The van der Waals surface area contributed by atoms with E-state index in [9.17, 15) is 4.79 Å². The summed E-state index contributed by atoms with van der Waals surface area (Å²) in [4.78, 5) is 11.0. The second-order valence-electron chi connectivity index (χ2n) is 4.41. The minimum atomic E-state index is -0.339. The maximum absolute atomic E-state index is 11.0. The van der Waals surface area contributed by atoms with Crippen molar-refractivity contribution in [3.8, 4) is 0 Å². The number of aromatic nitrogens is 2. The first-order valence-corrected chi connectivity index (χ1v) is 5.97. The lowest BCUT2D eigenvalue weighted by molar-refractivity contribution is -0.119. The molecule has 96 valence electrons. The number of aryl methyl sites for hydroxylation is 2. The molecule has 1 heterocycles. The van der Waals surface area contributed by atoms with Gasteiger partial charge in [-0.15, -0.1) is 0 Å². The summed E-state index contributed by atoms with van der Waals surface area (Å²) in [5.41, 5.74) is 8.54. The summed E-state index contributed by atoms with van der Waals surface area (Å²) in [5, 5.41) is 7.65. The van der Waals surface area contributed by atoms with Gasteiger partial charge in [-0.2, -0.15) is 5.10 Å². The molecular weight excluding hydrogens is 216 g/mol. The number of carbonyl (C=O) groups is 1. The molecule has 5 heteroatoms. The van der Waals surface area contributed by atoms with Gasteiger partial charge in [0, 0.05) is 23.8 Å². The van der Waals surface area contributed by atoms with Crippen molar-refractivity contribution in [1.82, 2.24) is 15.1 Å². The van der Waals surface area contributed by atoms with Gasteiger partial charge in [-0.3, -0.25) is 14.8 Å². The van der Waals surface area contributed by atoms with E-state index in [0.29, 0.717) is 0 Å². The van der Waals surface area contributed by atoms with Crippen molar-refractivity contribution < 1.29 is 4.79 Å². The fourth-order valence-electron chi connectivity index (χ4n) is 2.19. The fourth-order valence-corrected chi connectivity index (χ4v) is 2.19. The predicted octanol–water partition coefficient (Wildman–Crippen LogP) is 1.04. The highest BCUT2D eigenvalue weighted by atomic mass is 16.1. The number of amides is 1. The molecule has 0 aliphatic heterocycles. The lowest BCUT2D eigenvalue weighted by Gasteiger charge is -2.18. The Morgan fingerprint density at radius 2 is 2.06 bits per heavy atom. The van der Waals surface area contributed by atoms with Crippen molar-refractivity contribution in [3.63, 3.8) is 0 Å². The molecule has 0 spiro atoms. The van der Waals surface area contributed by atoms with Crippen LogP contribution in [-0.2, 0) is 11.3 Å². The molecule has 5 nitrogen and oxygen atoms in total. The summed E-state index contributed by atoms with van der Waals surface area (Å²) in [6, 6.07) is -0.272. The van der Waals surface area contributed by atoms with Crippen molar-refractivity contribution in [3.05, 3.63) is 17.0 Å². The molecule has 1 amide bonds. The lowest BCUT2D eigenvalue weighted by Crippen LogP contribution is -2.40. The maximum Gasteiger partial charge on any atom is 0.234 e. The number of primary amides is 1. The highest BCUT2D eigenvalue weighted by molar-refractivity contribution is 5.79. The van der Waals surface area contributed by atoms with Gasteiger partial charge in [0.05, 0.1) is 11.7 Å². The van der Waals surface area contributed by atoms with E-state index in [1.54, 1.807) is 6.92 Å². The van der Waals surface area contributed by atoms with Crippen molar-refractivity contribution >= 4 is 5.91 Å². The summed E-state index contributed by atoms with van der Waals surface area (Å²) in [7, 11) is 0. The molecule has 2 atom stereocenters. The van der Waals surface area contributed by atoms with E-state index in [4.69, 9.17) is 5.73 Å². The molecule has 3 N–H and O–H groups in total. The third kappa shape index (κ3) is 2.85. The molecule has 0 aliphatic rings. The highest BCUT2D eigenvalue weighted by Crippen LogP contribution is 2.21. The lowest BCUT2D eigenvalue weighted by atomic mass is 10.1. The smallest absolute Gasteiger partial charge is 0.234 e. The van der Waals surface area contributed by atoms with Crippen LogP contribution in [0.1, 0.15) is 43.8 Å². The molecule has 1 aromatic rings. The zero-order valence-electron chi connectivity index (χ0n) is 11.2. The van der Waals surface area contributed by atoms with Crippen LogP contribution in [0.15, 0.2) is 0 Å². The number of carbonyl (C=O) groups excluding carboxylic acids is 1. The van der Waals surface area contributed by atoms with E-state index < -0.39 is 0 Å². The maximum atomic E-state index is 11.0. The van der Waals surface area contributed by atoms with E-state index in [1.165, 1.54) is 0 Å². The van der Waals surface area contributed by atoms with Gasteiger partial charge in [0.1, 0.15) is 0 Å². The number of nitrogens with zero attached hydrogens (tertiary/aromatic N) is 2. The van der Waals surface area contributed by atoms with Crippen LogP contribution in [0, 0.1) is 13.8 Å². The predicted molar refractivity (Wildman–Crippen MR) is 67.6 cm³/mol. The average molecular weight is 238 g/mol. The molecule has 0 saturated heterocycles. The Kier molecular flexibility index (Phi) is 4.28. The van der Waals surface area contributed by atoms with Crippen LogP contribution in [0.5, 0.6) is 0 Å². The zero-order chi connectivity index (χ0) is 13.2. The van der Waals surface area contributed by atoms with Crippen LogP contribution in [-0.4, -0.2) is 21.7 Å². The van der Waals surface area contributed by atoms with Crippen molar-refractivity contribution in [2.75, 3.05) is 0 Å². The molecule has 0 fully saturated rings. The molecular formula is C12H22N4O. The van der Waals surface area contributed by atoms with Crippen molar-refractivity contribution in [1.29, 1.82) is 0 Å². The second kappa shape index (κ2) is 5.31. The largest absolute Gasteiger partial charge is 0.368 e. The summed E-state index contributed by atoms with van der Waals surface area (Å²) in [5.74, 6) is -0.338. The molecule has 0 saturated carbocycles. The second-order valence-corrected chi connectivity index (χ2v) is 4.41. The molecule has 17 heavy (non-hydrogen) atoms. The van der Waals surface area contributed by atoms with E-state index in [1.807, 2.05) is 25.5 Å². The SMILES string of the molecule is CCn1nc(C)c(C(C)NC(C)C(N)=O)c1C. The van der Waals surface area contributed by atoms with E-state index in [0.717, 1.165) is 23.5 Å². The standard InChI is InChI=1S/C12H22N4O/c1-6-16-10(5)11(8(3)15-16)7(2)14-9(4)12(13)17/h7,9,14H,6H2,1-5H3,(H2,13,17). The van der Waals surface area contributed by atoms with Crippen LogP contribution in [0.2, 0.25) is 0 Å². The van der Waals surface area contributed by atoms with E-state index in [2.05, 4.69) is 17.3 Å². The third-order valence-electron chi connectivity index (χ3n) is 3.10. The first-order chi connectivity index (χ1) is 7.88. The first kappa shape index (κ1) is 13.7. The van der Waals surface area contributed by atoms with Gasteiger partial charge in [-0.25, -0.2) is 0 Å². The monoisotopic (exact) mass is 238 g/mol. The van der Waals surface area contributed by atoms with Crippen molar-refractivity contribution in [2.24, 2.45) is 5.73 Å². The van der Waals surface area contributed by atoms with Gasteiger partial charge < -0.3 is 5.73 Å². The Morgan fingerprint density at radius 1 is 1.47 bits per heavy atom. The Balaban J connectivity index is 2.92. The van der Waals surface area contributed by atoms with Crippen LogP contribution in [0.25, 0.3) is 0 Å². The fraction of sp³-hybridized carbons (Fsp3) is 0.667. The zero-order valence-corrected chi connectivity index (χ0v) is 11.2. The number of hydrogen-bond acceptors (Lipinski definition) is 3. The number of hydrogen-bond donors (Lipinski definition) is 2. The average Bonchev–Trinajstić information content (AvgIpc) is 2.53. The molecule has 0 aromatic carbocycles. The van der Waals surface area contributed by atoms with E-state index >= 15 is 0 Å². The van der Waals surface area contributed by atoms with Crippen LogP contribution in [0.4, 0.5) is 0 Å². The molecule has 1 aromatic heterocycles. The molecule has 2 unspecified atom stereocenters. The van der Waals surface area contributed by atoms with Gasteiger partial charge in [-0.1, -0.05) is 0 Å². The molecule has 0 aliphatic carbocycles. The minimum Gasteiger partial charge on any atom is -0.368 e. The van der Waals surface area contributed by atoms with Crippen LogP contribution >= 0.6 is 0 Å². The van der Waals surface area contributed by atoms with Gasteiger partial charge in [-0.05, 0) is 34.6 Å². The minimum absolute atomic E-state index is 0.0674. The molecule has 0 radical (unpaired) electrons. The van der Waals surface area contributed by atoms with Gasteiger partial charge in [0.2, 0.25) is 5.91 Å². The topological polar surface area (TPSA) is 72.9 Å². The van der Waals surface area contributed by atoms with Crippen LogP contribution in [0.3, 0.4) is 0 Å². The van der Waals surface area contributed by atoms with Gasteiger partial charge in [0.25, 0.3) is 0 Å². The quantitative estimate of drug-likeness (QED) is 0.805. The summed E-state index contributed by atoms with van der Waals surface area (Å²) in [6.07, 6.45) is 0. The summed E-state index contributed by atoms with van der Waals surface area (Å²) >= 11 is 0. The van der Waals surface area contributed by atoms with Gasteiger partial charge in [0.15, 0.2) is 0 Å². The van der Waals surface area contributed by atoms with Crippen LogP contribution < -0.4 is 11.1 Å². The van der Waals surface area contributed by atoms with Crippen molar-refractivity contribution in [2.45, 2.75) is 53.2 Å². The Bertz CT molecular complexity index is 411. The first-order valence-electron chi connectivity index (χ1n) is 5.97. The number of nitrogens with two attached hydrogens (primary N) is 1. The Hall–Kier alpha value is -1.36. The third-order valence-corrected chi connectivity index (χ3v) is 3.10.